The zero-order chi connectivity index (χ0) is 14.8. The van der Waals surface area contributed by atoms with Crippen molar-refractivity contribution in [3.8, 4) is 0 Å². The van der Waals surface area contributed by atoms with Crippen LogP contribution in [0.4, 0.5) is 0 Å². The quantitative estimate of drug-likeness (QED) is 0.782. The Kier molecular flexibility index (Phi) is 4.11. The summed E-state index contributed by atoms with van der Waals surface area (Å²) in [6, 6.07) is 1.71. The zero-order valence-electron chi connectivity index (χ0n) is 11.9. The smallest absolute Gasteiger partial charge is 0.308 e. The van der Waals surface area contributed by atoms with Crippen LogP contribution in [0.2, 0.25) is 0 Å². The number of carbonyl (C=O) groups excluding carboxylic acids is 1. The van der Waals surface area contributed by atoms with E-state index in [1.54, 1.807) is 6.07 Å². The molecule has 0 bridgehead atoms. The Hall–Kier alpha value is -1.85. The minimum atomic E-state index is -0.844. The zero-order valence-corrected chi connectivity index (χ0v) is 11.9. The van der Waals surface area contributed by atoms with Crippen molar-refractivity contribution in [2.75, 3.05) is 0 Å². The number of aromatic nitrogens is 2. The summed E-state index contributed by atoms with van der Waals surface area (Å²) >= 11 is 0. The Morgan fingerprint density at radius 3 is 2.90 bits per heavy atom. The fourth-order valence-electron chi connectivity index (χ4n) is 2.86. The van der Waals surface area contributed by atoms with Gasteiger partial charge in [0.05, 0.1) is 11.5 Å². The maximum absolute atomic E-state index is 12.2. The number of rotatable bonds is 4. The van der Waals surface area contributed by atoms with Gasteiger partial charge in [0.1, 0.15) is 5.69 Å². The number of hydrogen-bond acceptors (Lipinski definition) is 3. The summed E-state index contributed by atoms with van der Waals surface area (Å²) < 4.78 is 0. The molecule has 1 aromatic heterocycles. The van der Waals surface area contributed by atoms with E-state index in [1.807, 2.05) is 13.8 Å². The Balaban J connectivity index is 2.13. The molecule has 3 N–H and O–H groups in total. The molecule has 6 heteroatoms. The molecule has 2 unspecified atom stereocenters. The van der Waals surface area contributed by atoms with Gasteiger partial charge < -0.3 is 10.4 Å². The second kappa shape index (κ2) is 5.64. The minimum Gasteiger partial charge on any atom is -0.481 e. The van der Waals surface area contributed by atoms with Crippen molar-refractivity contribution in [3.63, 3.8) is 0 Å². The van der Waals surface area contributed by atoms with Gasteiger partial charge in [-0.15, -0.1) is 0 Å². The minimum absolute atomic E-state index is 0.309. The molecule has 1 amide bonds. The fraction of sp³-hybridized carbons (Fsp3) is 0.643. The monoisotopic (exact) mass is 279 g/mol. The van der Waals surface area contributed by atoms with Gasteiger partial charge in [-0.3, -0.25) is 14.7 Å². The van der Waals surface area contributed by atoms with Crippen LogP contribution in [-0.4, -0.2) is 32.7 Å². The van der Waals surface area contributed by atoms with Crippen LogP contribution in [-0.2, 0) is 11.2 Å². The SMILES string of the molecule is CCc1cc(C(=O)NC2(C)CCCCC2C(=O)O)n[nH]1. The van der Waals surface area contributed by atoms with E-state index in [1.165, 1.54) is 0 Å². The predicted octanol–water partition coefficient (Wildman–Crippen LogP) is 1.74. The van der Waals surface area contributed by atoms with Crippen LogP contribution >= 0.6 is 0 Å². The Labute approximate surface area is 118 Å². The third-order valence-corrected chi connectivity index (χ3v) is 4.15. The normalized spacial score (nSPS) is 26.2. The van der Waals surface area contributed by atoms with Crippen molar-refractivity contribution >= 4 is 11.9 Å². The molecule has 0 aromatic carbocycles. The molecule has 6 nitrogen and oxygen atoms in total. The van der Waals surface area contributed by atoms with Crippen LogP contribution in [0.1, 0.15) is 55.7 Å². The van der Waals surface area contributed by atoms with Gasteiger partial charge in [0, 0.05) is 5.69 Å². The lowest BCUT2D eigenvalue weighted by Gasteiger charge is -2.39. The van der Waals surface area contributed by atoms with Crippen LogP contribution in [0.3, 0.4) is 0 Å². The highest BCUT2D eigenvalue weighted by atomic mass is 16.4. The molecule has 2 rings (SSSR count). The van der Waals surface area contributed by atoms with E-state index in [4.69, 9.17) is 0 Å². The molecule has 1 aliphatic carbocycles. The lowest BCUT2D eigenvalue weighted by atomic mass is 9.74. The predicted molar refractivity (Wildman–Crippen MR) is 73.4 cm³/mol. The molecule has 20 heavy (non-hydrogen) atoms. The van der Waals surface area contributed by atoms with Crippen LogP contribution in [0.25, 0.3) is 0 Å². The highest BCUT2D eigenvalue weighted by molar-refractivity contribution is 5.93. The summed E-state index contributed by atoms with van der Waals surface area (Å²) in [4.78, 5) is 23.6. The molecule has 1 aromatic rings. The van der Waals surface area contributed by atoms with Crippen molar-refractivity contribution in [2.45, 2.75) is 51.5 Å². The first kappa shape index (κ1) is 14.6. The molecule has 1 aliphatic rings. The Bertz CT molecular complexity index is 512. The second-order valence-corrected chi connectivity index (χ2v) is 5.64. The molecule has 2 atom stereocenters. The Morgan fingerprint density at radius 2 is 2.30 bits per heavy atom. The lowest BCUT2D eigenvalue weighted by Crippen LogP contribution is -2.55. The maximum atomic E-state index is 12.2. The van der Waals surface area contributed by atoms with Gasteiger partial charge in [0.15, 0.2) is 0 Å². The fourth-order valence-corrected chi connectivity index (χ4v) is 2.86. The third kappa shape index (κ3) is 2.84. The summed E-state index contributed by atoms with van der Waals surface area (Å²) in [5.41, 5.74) is 0.503. The van der Waals surface area contributed by atoms with E-state index in [0.29, 0.717) is 18.5 Å². The number of aromatic amines is 1. The van der Waals surface area contributed by atoms with Crippen molar-refractivity contribution in [1.29, 1.82) is 0 Å². The van der Waals surface area contributed by atoms with E-state index in [2.05, 4.69) is 15.5 Å². The number of aliphatic carboxylic acids is 1. The van der Waals surface area contributed by atoms with Gasteiger partial charge in [-0.1, -0.05) is 19.8 Å². The largest absolute Gasteiger partial charge is 0.481 e. The molecule has 110 valence electrons. The van der Waals surface area contributed by atoms with Gasteiger partial charge in [-0.25, -0.2) is 0 Å². The highest BCUT2D eigenvalue weighted by Gasteiger charge is 2.42. The van der Waals surface area contributed by atoms with Crippen molar-refractivity contribution < 1.29 is 14.7 Å². The second-order valence-electron chi connectivity index (χ2n) is 5.64. The molecule has 0 spiro atoms. The van der Waals surface area contributed by atoms with Gasteiger partial charge in [-0.2, -0.15) is 5.10 Å². The lowest BCUT2D eigenvalue weighted by molar-refractivity contribution is -0.145. The van der Waals surface area contributed by atoms with Crippen LogP contribution in [0, 0.1) is 5.92 Å². The number of carbonyl (C=O) groups is 2. The van der Waals surface area contributed by atoms with Gasteiger partial charge >= 0.3 is 5.97 Å². The Morgan fingerprint density at radius 1 is 1.55 bits per heavy atom. The van der Waals surface area contributed by atoms with Gasteiger partial charge in [0.2, 0.25) is 0 Å². The average Bonchev–Trinajstić information content (AvgIpc) is 2.87. The number of aryl methyl sites for hydroxylation is 1. The number of carboxylic acid groups (broad SMARTS) is 1. The number of carboxylic acids is 1. The third-order valence-electron chi connectivity index (χ3n) is 4.15. The summed E-state index contributed by atoms with van der Waals surface area (Å²) in [5, 5.41) is 19.0. The summed E-state index contributed by atoms with van der Waals surface area (Å²) in [7, 11) is 0. The van der Waals surface area contributed by atoms with Crippen molar-refractivity contribution in [2.24, 2.45) is 5.92 Å². The number of nitrogens with one attached hydrogen (secondary N) is 2. The number of H-pyrrole nitrogens is 1. The van der Waals surface area contributed by atoms with E-state index < -0.39 is 17.4 Å². The first-order valence-corrected chi connectivity index (χ1v) is 7.06. The summed E-state index contributed by atoms with van der Waals surface area (Å²) in [5.74, 6) is -1.69. The topological polar surface area (TPSA) is 95.1 Å². The van der Waals surface area contributed by atoms with E-state index in [0.717, 1.165) is 25.0 Å². The maximum Gasteiger partial charge on any atom is 0.308 e. The molecule has 0 radical (unpaired) electrons. The summed E-state index contributed by atoms with van der Waals surface area (Å²) in [6.07, 6.45) is 3.88. The van der Waals surface area contributed by atoms with E-state index in [9.17, 15) is 14.7 Å². The first-order chi connectivity index (χ1) is 9.46. The van der Waals surface area contributed by atoms with E-state index in [-0.39, 0.29) is 5.91 Å². The highest BCUT2D eigenvalue weighted by Crippen LogP contribution is 2.34. The molecule has 0 aliphatic heterocycles. The number of nitrogens with zero attached hydrogens (tertiary/aromatic N) is 1. The van der Waals surface area contributed by atoms with Gasteiger partial charge in [0.25, 0.3) is 5.91 Å². The molecular weight excluding hydrogens is 258 g/mol. The molecule has 1 saturated carbocycles. The van der Waals surface area contributed by atoms with Gasteiger partial charge in [-0.05, 0) is 32.3 Å². The standard InChI is InChI=1S/C14H21N3O3/c1-3-9-8-11(17-16-9)12(18)15-14(2)7-5-4-6-10(14)13(19)20/h8,10H,3-7H2,1-2H3,(H,15,18)(H,16,17)(H,19,20). The summed E-state index contributed by atoms with van der Waals surface area (Å²) in [6.45, 7) is 3.79. The van der Waals surface area contributed by atoms with Crippen molar-refractivity contribution in [3.05, 3.63) is 17.5 Å². The number of amides is 1. The first-order valence-electron chi connectivity index (χ1n) is 7.06. The van der Waals surface area contributed by atoms with Crippen LogP contribution < -0.4 is 5.32 Å². The molecule has 0 saturated heterocycles. The molecule has 1 fully saturated rings. The molecule has 1 heterocycles. The number of hydrogen-bond donors (Lipinski definition) is 3. The molecular formula is C14H21N3O3. The van der Waals surface area contributed by atoms with Crippen LogP contribution in [0.5, 0.6) is 0 Å². The average molecular weight is 279 g/mol. The van der Waals surface area contributed by atoms with Crippen LogP contribution in [0.15, 0.2) is 6.07 Å². The van der Waals surface area contributed by atoms with E-state index >= 15 is 0 Å². The van der Waals surface area contributed by atoms with Crippen molar-refractivity contribution in [1.82, 2.24) is 15.5 Å².